The maximum absolute atomic E-state index is 12.4. The van der Waals surface area contributed by atoms with Gasteiger partial charge in [0.15, 0.2) is 0 Å². The second kappa shape index (κ2) is 8.73. The van der Waals surface area contributed by atoms with Crippen LogP contribution in [0.15, 0.2) is 46.8 Å². The van der Waals surface area contributed by atoms with Gasteiger partial charge in [-0.15, -0.1) is 10.2 Å². The molecule has 3 rings (SSSR count). The molecular formula is C16H11Cl3N4O3S2. The molecule has 146 valence electrons. The van der Waals surface area contributed by atoms with E-state index in [0.717, 1.165) is 5.56 Å². The number of anilines is 1. The Balaban J connectivity index is 1.68. The first kappa shape index (κ1) is 21.0. The summed E-state index contributed by atoms with van der Waals surface area (Å²) >= 11 is 18.3. The molecule has 0 saturated heterocycles. The number of carbonyl (C=O) groups excluding carboxylic acids is 1. The summed E-state index contributed by atoms with van der Waals surface area (Å²) in [5.41, 5.74) is 0.898. The maximum atomic E-state index is 12.4. The van der Waals surface area contributed by atoms with Crippen molar-refractivity contribution in [2.75, 3.05) is 5.32 Å². The number of carbonyl (C=O) groups is 1. The topological polar surface area (TPSA) is 101 Å². The van der Waals surface area contributed by atoms with Crippen molar-refractivity contribution < 1.29 is 13.2 Å². The predicted octanol–water partition coefficient (Wildman–Crippen LogP) is 4.23. The smallest absolute Gasteiger partial charge is 0.270 e. The van der Waals surface area contributed by atoms with Gasteiger partial charge in [0.05, 0.1) is 10.6 Å². The molecule has 0 atom stereocenters. The molecule has 0 aliphatic carbocycles. The Hall–Kier alpha value is -1.75. The minimum absolute atomic E-state index is 0.0166. The number of hydrogen-bond donors (Lipinski definition) is 2. The van der Waals surface area contributed by atoms with Crippen molar-refractivity contribution in [3.63, 3.8) is 0 Å². The maximum Gasteiger partial charge on any atom is 0.270 e. The summed E-state index contributed by atoms with van der Waals surface area (Å²) in [5, 5.41) is 10.9. The van der Waals surface area contributed by atoms with Crippen LogP contribution < -0.4 is 10.0 Å². The lowest BCUT2D eigenvalue weighted by molar-refractivity contribution is 0.102. The van der Waals surface area contributed by atoms with E-state index in [9.17, 15) is 13.2 Å². The van der Waals surface area contributed by atoms with Crippen LogP contribution in [0, 0.1) is 0 Å². The number of hydrogen-bond acceptors (Lipinski definition) is 6. The van der Waals surface area contributed by atoms with Gasteiger partial charge in [-0.25, -0.2) is 13.1 Å². The zero-order chi connectivity index (χ0) is 20.3. The Morgan fingerprint density at radius 3 is 2.36 bits per heavy atom. The minimum atomic E-state index is -3.89. The van der Waals surface area contributed by atoms with E-state index in [0.29, 0.717) is 21.4 Å². The molecule has 2 N–H and O–H groups in total. The number of amides is 1. The van der Waals surface area contributed by atoms with Crippen LogP contribution in [-0.4, -0.2) is 24.5 Å². The molecule has 0 spiro atoms. The molecule has 1 amide bonds. The lowest BCUT2D eigenvalue weighted by Crippen LogP contribution is -2.23. The van der Waals surface area contributed by atoms with Crippen LogP contribution in [0.4, 0.5) is 5.13 Å². The Morgan fingerprint density at radius 1 is 1.00 bits per heavy atom. The van der Waals surface area contributed by atoms with E-state index in [2.05, 4.69) is 20.2 Å². The first-order valence-electron chi connectivity index (χ1n) is 7.58. The van der Waals surface area contributed by atoms with Gasteiger partial charge in [-0.05, 0) is 35.9 Å². The van der Waals surface area contributed by atoms with Crippen molar-refractivity contribution in [2.24, 2.45) is 0 Å². The van der Waals surface area contributed by atoms with Gasteiger partial charge in [-0.3, -0.25) is 10.1 Å². The number of rotatable bonds is 6. The summed E-state index contributed by atoms with van der Waals surface area (Å²) in [6, 6.07) is 11.1. The molecule has 12 heteroatoms. The number of halogens is 3. The third kappa shape index (κ3) is 5.19. The zero-order valence-electron chi connectivity index (χ0n) is 13.8. The van der Waals surface area contributed by atoms with Crippen LogP contribution >= 0.6 is 46.1 Å². The highest BCUT2D eigenvalue weighted by Gasteiger charge is 2.21. The summed E-state index contributed by atoms with van der Waals surface area (Å²) in [5.74, 6) is -0.559. The van der Waals surface area contributed by atoms with Gasteiger partial charge in [0, 0.05) is 16.6 Å². The average Bonchev–Trinajstić information content (AvgIpc) is 3.10. The van der Waals surface area contributed by atoms with Gasteiger partial charge in [-0.1, -0.05) is 58.3 Å². The second-order valence-electron chi connectivity index (χ2n) is 5.40. The number of nitrogens with zero attached hydrogens (tertiary/aromatic N) is 2. The second-order valence-corrected chi connectivity index (χ2v) is 9.60. The molecule has 2 aromatic carbocycles. The van der Waals surface area contributed by atoms with Crippen molar-refractivity contribution in [3.8, 4) is 0 Å². The van der Waals surface area contributed by atoms with E-state index >= 15 is 0 Å². The molecular weight excluding hydrogens is 467 g/mol. The lowest BCUT2D eigenvalue weighted by atomic mass is 10.2. The van der Waals surface area contributed by atoms with E-state index in [1.807, 2.05) is 0 Å². The third-order valence-corrected chi connectivity index (χ3v) is 6.82. The van der Waals surface area contributed by atoms with Gasteiger partial charge in [0.25, 0.3) is 15.9 Å². The van der Waals surface area contributed by atoms with Crippen LogP contribution in [0.5, 0.6) is 0 Å². The van der Waals surface area contributed by atoms with Gasteiger partial charge in [0.2, 0.25) is 9.47 Å². The van der Waals surface area contributed by atoms with Gasteiger partial charge in [0.1, 0.15) is 0 Å². The molecule has 1 heterocycles. The quantitative estimate of drug-likeness (QED) is 0.517. The van der Waals surface area contributed by atoms with Crippen LogP contribution in [0.3, 0.4) is 0 Å². The standard InChI is InChI=1S/C16H11Cl3N4O3S2/c17-10-3-1-9(2-4-10)8-20-28(25,26)16-23-22-15(27-16)21-14(24)12-6-5-11(18)7-13(12)19/h1-7,20H,8H2,(H,21,22,24). The molecule has 0 bridgehead atoms. The fourth-order valence-corrected chi connectivity index (χ4v) is 4.62. The predicted molar refractivity (Wildman–Crippen MR) is 110 cm³/mol. The van der Waals surface area contributed by atoms with Crippen molar-refractivity contribution in [1.29, 1.82) is 0 Å². The first-order chi connectivity index (χ1) is 13.2. The average molecular weight is 478 g/mol. The van der Waals surface area contributed by atoms with E-state index in [1.165, 1.54) is 18.2 Å². The highest BCUT2D eigenvalue weighted by molar-refractivity contribution is 7.91. The van der Waals surface area contributed by atoms with Crippen LogP contribution in [0.25, 0.3) is 0 Å². The molecule has 0 aliphatic rings. The Kier molecular flexibility index (Phi) is 6.54. The van der Waals surface area contributed by atoms with Gasteiger partial charge in [-0.2, -0.15) is 0 Å². The van der Waals surface area contributed by atoms with Crippen molar-refractivity contribution in [1.82, 2.24) is 14.9 Å². The number of aromatic nitrogens is 2. The van der Waals surface area contributed by atoms with Gasteiger partial charge < -0.3 is 0 Å². The molecule has 3 aromatic rings. The van der Waals surface area contributed by atoms with E-state index in [-0.39, 0.29) is 26.6 Å². The SMILES string of the molecule is O=C(Nc1nnc(S(=O)(=O)NCc2ccc(Cl)cc2)s1)c1ccc(Cl)cc1Cl. The molecule has 7 nitrogen and oxygen atoms in total. The Bertz CT molecular complexity index is 1120. The summed E-state index contributed by atoms with van der Waals surface area (Å²) < 4.78 is 26.8. The largest absolute Gasteiger partial charge is 0.296 e. The summed E-state index contributed by atoms with van der Waals surface area (Å²) in [6.07, 6.45) is 0. The molecule has 0 saturated carbocycles. The minimum Gasteiger partial charge on any atom is -0.296 e. The third-order valence-electron chi connectivity index (χ3n) is 3.41. The summed E-state index contributed by atoms with van der Waals surface area (Å²) in [7, 11) is -3.89. The molecule has 0 unspecified atom stereocenters. The van der Waals surface area contributed by atoms with E-state index in [1.54, 1.807) is 24.3 Å². The highest BCUT2D eigenvalue weighted by Crippen LogP contribution is 2.24. The van der Waals surface area contributed by atoms with Crippen LogP contribution in [-0.2, 0) is 16.6 Å². The summed E-state index contributed by atoms with van der Waals surface area (Å²) in [6.45, 7) is 0.0567. The Labute approximate surface area is 179 Å². The molecule has 0 radical (unpaired) electrons. The molecule has 0 fully saturated rings. The first-order valence-corrected chi connectivity index (χ1v) is 11.0. The van der Waals surface area contributed by atoms with Crippen LogP contribution in [0.1, 0.15) is 15.9 Å². The van der Waals surface area contributed by atoms with Crippen LogP contribution in [0.2, 0.25) is 15.1 Å². The zero-order valence-corrected chi connectivity index (χ0v) is 17.7. The van der Waals surface area contributed by atoms with Crippen molar-refractivity contribution in [3.05, 3.63) is 68.7 Å². The van der Waals surface area contributed by atoms with E-state index in [4.69, 9.17) is 34.8 Å². The van der Waals surface area contributed by atoms with Crippen molar-refractivity contribution in [2.45, 2.75) is 10.9 Å². The fraction of sp³-hybridized carbons (Fsp3) is 0.0625. The molecule has 1 aromatic heterocycles. The number of nitrogens with one attached hydrogen (secondary N) is 2. The Morgan fingerprint density at radius 2 is 1.68 bits per heavy atom. The van der Waals surface area contributed by atoms with E-state index < -0.39 is 15.9 Å². The normalized spacial score (nSPS) is 11.4. The fourth-order valence-electron chi connectivity index (χ4n) is 2.05. The monoisotopic (exact) mass is 476 g/mol. The number of sulfonamides is 1. The highest BCUT2D eigenvalue weighted by atomic mass is 35.5. The molecule has 28 heavy (non-hydrogen) atoms. The number of benzene rings is 2. The summed E-state index contributed by atoms with van der Waals surface area (Å²) in [4.78, 5) is 12.3. The lowest BCUT2D eigenvalue weighted by Gasteiger charge is -2.04. The van der Waals surface area contributed by atoms with Crippen molar-refractivity contribution >= 4 is 67.2 Å². The molecule has 0 aliphatic heterocycles. The van der Waals surface area contributed by atoms with Gasteiger partial charge >= 0.3 is 0 Å².